The molecule has 0 aliphatic heterocycles. The quantitative estimate of drug-likeness (QED) is 0.723. The zero-order chi connectivity index (χ0) is 13.8. The number of benzene rings is 1. The van der Waals surface area contributed by atoms with Crippen LogP contribution in [-0.2, 0) is 6.54 Å². The van der Waals surface area contributed by atoms with Gasteiger partial charge >= 0.3 is 0 Å². The molecule has 1 aromatic carbocycles. The average molecular weight is 283 g/mol. The van der Waals surface area contributed by atoms with E-state index in [0.29, 0.717) is 0 Å². The maximum absolute atomic E-state index is 4.36. The molecule has 0 aliphatic carbocycles. The lowest BCUT2D eigenvalue weighted by molar-refractivity contribution is 0.681. The molecule has 4 heteroatoms. The summed E-state index contributed by atoms with van der Waals surface area (Å²) in [6.45, 7) is 4.20. The lowest BCUT2D eigenvalue weighted by Gasteiger charge is -2.01. The van der Waals surface area contributed by atoms with E-state index < -0.39 is 0 Å². The van der Waals surface area contributed by atoms with Crippen LogP contribution in [0.3, 0.4) is 0 Å². The molecule has 0 saturated carbocycles. The molecule has 1 N–H and O–H groups in total. The fraction of sp³-hybridized carbons (Fsp3) is 0.250. The molecule has 0 atom stereocenters. The standard InChI is InChI=1S/C16H17N3S/c1-2-7-17-11-13-4-6-16(20-13)12-3-5-14-15(10-12)19-9-8-18-14/h3-6,8-10,17H,2,7,11H2,1H3. The highest BCUT2D eigenvalue weighted by Gasteiger charge is 2.04. The Bertz CT molecular complexity index is 706. The van der Waals surface area contributed by atoms with Crippen LogP contribution in [0.25, 0.3) is 21.5 Å². The van der Waals surface area contributed by atoms with Gasteiger partial charge in [-0.3, -0.25) is 9.97 Å². The molecular formula is C16H17N3S. The summed E-state index contributed by atoms with van der Waals surface area (Å²) in [6, 6.07) is 10.6. The smallest absolute Gasteiger partial charge is 0.0893 e. The van der Waals surface area contributed by atoms with Gasteiger partial charge < -0.3 is 5.32 Å². The number of hydrogen-bond acceptors (Lipinski definition) is 4. The summed E-state index contributed by atoms with van der Waals surface area (Å²) in [7, 11) is 0. The topological polar surface area (TPSA) is 37.8 Å². The zero-order valence-corrected chi connectivity index (χ0v) is 12.3. The van der Waals surface area contributed by atoms with E-state index in [9.17, 15) is 0 Å². The van der Waals surface area contributed by atoms with Gasteiger partial charge in [0.1, 0.15) is 0 Å². The molecule has 3 aromatic rings. The third-order valence-corrected chi connectivity index (χ3v) is 4.28. The van der Waals surface area contributed by atoms with Gasteiger partial charge in [0.25, 0.3) is 0 Å². The van der Waals surface area contributed by atoms with Crippen molar-refractivity contribution >= 4 is 22.4 Å². The summed E-state index contributed by atoms with van der Waals surface area (Å²) in [4.78, 5) is 11.3. The van der Waals surface area contributed by atoms with E-state index in [2.05, 4.69) is 46.5 Å². The van der Waals surface area contributed by atoms with E-state index in [-0.39, 0.29) is 0 Å². The molecule has 0 radical (unpaired) electrons. The average Bonchev–Trinajstić information content (AvgIpc) is 2.96. The molecule has 0 unspecified atom stereocenters. The SMILES string of the molecule is CCCNCc1ccc(-c2ccc3nccnc3c2)s1. The molecule has 3 nitrogen and oxygen atoms in total. The minimum absolute atomic E-state index is 0.942. The minimum atomic E-state index is 0.942. The summed E-state index contributed by atoms with van der Waals surface area (Å²) in [5, 5.41) is 3.43. The van der Waals surface area contributed by atoms with E-state index in [1.165, 1.54) is 21.7 Å². The number of nitrogens with zero attached hydrogens (tertiary/aromatic N) is 2. The molecule has 3 rings (SSSR count). The van der Waals surface area contributed by atoms with Crippen molar-refractivity contribution in [1.29, 1.82) is 0 Å². The van der Waals surface area contributed by atoms with Crippen LogP contribution in [0.15, 0.2) is 42.7 Å². The molecule has 0 spiro atoms. The first-order valence-corrected chi connectivity index (χ1v) is 7.69. The Kier molecular flexibility index (Phi) is 4.04. The van der Waals surface area contributed by atoms with Crippen LogP contribution < -0.4 is 5.32 Å². The van der Waals surface area contributed by atoms with Gasteiger partial charge in [-0.2, -0.15) is 0 Å². The Balaban J connectivity index is 1.83. The van der Waals surface area contributed by atoms with Crippen molar-refractivity contribution in [3.05, 3.63) is 47.6 Å². The van der Waals surface area contributed by atoms with Crippen molar-refractivity contribution in [2.24, 2.45) is 0 Å². The number of fused-ring (bicyclic) bond motifs is 1. The van der Waals surface area contributed by atoms with Crippen molar-refractivity contribution in [2.45, 2.75) is 19.9 Å². The number of rotatable bonds is 5. The van der Waals surface area contributed by atoms with Crippen LogP contribution >= 0.6 is 11.3 Å². The van der Waals surface area contributed by atoms with Crippen molar-refractivity contribution in [1.82, 2.24) is 15.3 Å². The molecule has 0 saturated heterocycles. The molecule has 0 aliphatic rings. The first-order chi connectivity index (χ1) is 9.86. The van der Waals surface area contributed by atoms with E-state index in [0.717, 1.165) is 24.1 Å². The van der Waals surface area contributed by atoms with Gasteiger partial charge in [-0.05, 0) is 42.8 Å². The minimum Gasteiger partial charge on any atom is -0.312 e. The van der Waals surface area contributed by atoms with Crippen LogP contribution in [0.2, 0.25) is 0 Å². The van der Waals surface area contributed by atoms with Crippen molar-refractivity contribution in [3.63, 3.8) is 0 Å². The van der Waals surface area contributed by atoms with Gasteiger partial charge in [-0.15, -0.1) is 11.3 Å². The summed E-state index contributed by atoms with van der Waals surface area (Å²) < 4.78 is 0. The Morgan fingerprint density at radius 2 is 1.90 bits per heavy atom. The predicted molar refractivity (Wildman–Crippen MR) is 84.8 cm³/mol. The fourth-order valence-corrected chi connectivity index (χ4v) is 3.11. The second-order valence-electron chi connectivity index (χ2n) is 4.70. The Hall–Kier alpha value is -1.78. The highest BCUT2D eigenvalue weighted by Crippen LogP contribution is 2.29. The van der Waals surface area contributed by atoms with Crippen LogP contribution in [-0.4, -0.2) is 16.5 Å². The molecular weight excluding hydrogens is 266 g/mol. The third kappa shape index (κ3) is 2.86. The number of hydrogen-bond donors (Lipinski definition) is 1. The molecule has 0 amide bonds. The molecule has 0 fully saturated rings. The second kappa shape index (κ2) is 6.11. The van der Waals surface area contributed by atoms with Crippen LogP contribution in [0.5, 0.6) is 0 Å². The lowest BCUT2D eigenvalue weighted by Crippen LogP contribution is -2.12. The highest BCUT2D eigenvalue weighted by atomic mass is 32.1. The molecule has 2 aromatic heterocycles. The zero-order valence-electron chi connectivity index (χ0n) is 11.5. The second-order valence-corrected chi connectivity index (χ2v) is 5.87. The van der Waals surface area contributed by atoms with Crippen LogP contribution in [0.4, 0.5) is 0 Å². The molecule has 0 bridgehead atoms. The van der Waals surface area contributed by atoms with Gasteiger partial charge in [-0.25, -0.2) is 0 Å². The molecule has 20 heavy (non-hydrogen) atoms. The molecule has 2 heterocycles. The summed E-state index contributed by atoms with van der Waals surface area (Å²) in [5.41, 5.74) is 3.10. The van der Waals surface area contributed by atoms with Crippen molar-refractivity contribution < 1.29 is 0 Å². The Labute approximate surface area is 122 Å². The van der Waals surface area contributed by atoms with Crippen molar-refractivity contribution in [3.8, 4) is 10.4 Å². The number of thiophene rings is 1. The largest absolute Gasteiger partial charge is 0.312 e. The Morgan fingerprint density at radius 3 is 2.75 bits per heavy atom. The van der Waals surface area contributed by atoms with E-state index in [1.807, 2.05) is 17.4 Å². The van der Waals surface area contributed by atoms with Gasteiger partial charge in [0.05, 0.1) is 11.0 Å². The number of aromatic nitrogens is 2. The lowest BCUT2D eigenvalue weighted by atomic mass is 10.1. The van der Waals surface area contributed by atoms with E-state index in [4.69, 9.17) is 0 Å². The summed E-state index contributed by atoms with van der Waals surface area (Å²) in [5.74, 6) is 0. The van der Waals surface area contributed by atoms with E-state index >= 15 is 0 Å². The van der Waals surface area contributed by atoms with Crippen LogP contribution in [0, 0.1) is 0 Å². The maximum Gasteiger partial charge on any atom is 0.0893 e. The van der Waals surface area contributed by atoms with Gasteiger partial charge in [0.15, 0.2) is 0 Å². The molecule has 102 valence electrons. The van der Waals surface area contributed by atoms with Crippen molar-refractivity contribution in [2.75, 3.05) is 6.54 Å². The van der Waals surface area contributed by atoms with Gasteiger partial charge in [0, 0.05) is 28.7 Å². The first-order valence-electron chi connectivity index (χ1n) is 6.87. The summed E-state index contributed by atoms with van der Waals surface area (Å²) >= 11 is 1.83. The first kappa shape index (κ1) is 13.2. The fourth-order valence-electron chi connectivity index (χ4n) is 2.13. The number of nitrogens with one attached hydrogen (secondary N) is 1. The monoisotopic (exact) mass is 283 g/mol. The van der Waals surface area contributed by atoms with Gasteiger partial charge in [-0.1, -0.05) is 13.0 Å². The van der Waals surface area contributed by atoms with Gasteiger partial charge in [0.2, 0.25) is 0 Å². The van der Waals surface area contributed by atoms with Crippen LogP contribution in [0.1, 0.15) is 18.2 Å². The predicted octanol–water partition coefficient (Wildman–Crippen LogP) is 3.86. The highest BCUT2D eigenvalue weighted by molar-refractivity contribution is 7.15. The third-order valence-electron chi connectivity index (χ3n) is 3.14. The maximum atomic E-state index is 4.36. The normalized spacial score (nSPS) is 11.1. The Morgan fingerprint density at radius 1 is 1.05 bits per heavy atom. The van der Waals surface area contributed by atoms with E-state index in [1.54, 1.807) is 12.4 Å². The summed E-state index contributed by atoms with van der Waals surface area (Å²) in [6.07, 6.45) is 4.63.